The number of hydrogen-bond donors (Lipinski definition) is 0. The standard InChI is InChI=1S/C18H11NO3/c20-16(10-19(21)22)14-8-6-13-5-4-11-2-1-3-12-7-9-15(14)18(13)17(11)12/h1-9H,10H2. The van der Waals surface area contributed by atoms with Gasteiger partial charge in [0, 0.05) is 10.5 Å². The third-order valence-corrected chi connectivity index (χ3v) is 4.10. The molecule has 0 bridgehead atoms. The molecule has 0 aliphatic heterocycles. The zero-order valence-electron chi connectivity index (χ0n) is 11.6. The normalized spacial score (nSPS) is 11.5. The Kier molecular flexibility index (Phi) is 2.60. The van der Waals surface area contributed by atoms with Crippen molar-refractivity contribution in [1.29, 1.82) is 0 Å². The Morgan fingerprint density at radius 3 is 2.14 bits per heavy atom. The highest BCUT2D eigenvalue weighted by Crippen LogP contribution is 2.35. The fraction of sp³-hybridized carbons (Fsp3) is 0.0556. The third kappa shape index (κ3) is 1.74. The van der Waals surface area contributed by atoms with Crippen LogP contribution in [-0.4, -0.2) is 17.3 Å². The fourth-order valence-electron chi connectivity index (χ4n) is 3.18. The predicted molar refractivity (Wildman–Crippen MR) is 86.3 cm³/mol. The van der Waals surface area contributed by atoms with Crippen LogP contribution in [0.25, 0.3) is 32.3 Å². The molecule has 0 aliphatic rings. The van der Waals surface area contributed by atoms with Gasteiger partial charge >= 0.3 is 0 Å². The van der Waals surface area contributed by atoms with Crippen LogP contribution in [-0.2, 0) is 0 Å². The summed E-state index contributed by atoms with van der Waals surface area (Å²) in [7, 11) is 0. The van der Waals surface area contributed by atoms with E-state index in [2.05, 4.69) is 6.07 Å². The molecule has 106 valence electrons. The van der Waals surface area contributed by atoms with Crippen LogP contribution >= 0.6 is 0 Å². The van der Waals surface area contributed by atoms with Crippen LogP contribution in [0.3, 0.4) is 0 Å². The fourth-order valence-corrected chi connectivity index (χ4v) is 3.18. The van der Waals surface area contributed by atoms with Gasteiger partial charge in [0.1, 0.15) is 0 Å². The summed E-state index contributed by atoms with van der Waals surface area (Å²) in [6.07, 6.45) is 0. The van der Waals surface area contributed by atoms with Crippen molar-refractivity contribution in [3.63, 3.8) is 0 Å². The lowest BCUT2D eigenvalue weighted by atomic mass is 9.91. The minimum atomic E-state index is -0.677. The van der Waals surface area contributed by atoms with E-state index in [1.165, 1.54) is 0 Å². The first-order valence-corrected chi connectivity index (χ1v) is 6.97. The van der Waals surface area contributed by atoms with E-state index in [9.17, 15) is 14.9 Å². The summed E-state index contributed by atoms with van der Waals surface area (Å²) in [6, 6.07) is 17.5. The second-order valence-electron chi connectivity index (χ2n) is 5.38. The number of ketones is 1. The molecule has 22 heavy (non-hydrogen) atoms. The maximum atomic E-state index is 12.2. The van der Waals surface area contributed by atoms with Crippen LogP contribution in [0.1, 0.15) is 10.4 Å². The number of Topliss-reactive ketones (excluding diaryl/α,β-unsaturated/α-hetero) is 1. The summed E-state index contributed by atoms with van der Waals surface area (Å²) < 4.78 is 0. The number of nitro groups is 1. The van der Waals surface area contributed by atoms with E-state index >= 15 is 0 Å². The highest BCUT2D eigenvalue weighted by Gasteiger charge is 2.18. The molecule has 0 N–H and O–H groups in total. The molecule has 0 heterocycles. The van der Waals surface area contributed by atoms with E-state index < -0.39 is 17.3 Å². The largest absolute Gasteiger partial charge is 0.287 e. The molecule has 0 atom stereocenters. The Balaban J connectivity index is 2.12. The molecule has 4 nitrogen and oxygen atoms in total. The molecule has 0 radical (unpaired) electrons. The maximum absolute atomic E-state index is 12.2. The van der Waals surface area contributed by atoms with Crippen LogP contribution < -0.4 is 0 Å². The van der Waals surface area contributed by atoms with Crippen molar-refractivity contribution in [1.82, 2.24) is 0 Å². The summed E-state index contributed by atoms with van der Waals surface area (Å²) in [6.45, 7) is -0.677. The molecule has 0 saturated carbocycles. The predicted octanol–water partition coefficient (Wildman–Crippen LogP) is 4.04. The van der Waals surface area contributed by atoms with Crippen LogP contribution in [0, 0.1) is 10.1 Å². The minimum absolute atomic E-state index is 0.419. The number of benzene rings is 4. The number of rotatable bonds is 3. The number of carbonyl (C=O) groups excluding carboxylic acids is 1. The molecule has 0 aromatic heterocycles. The molecule has 0 aliphatic carbocycles. The number of nitrogens with zero attached hydrogens (tertiary/aromatic N) is 1. The van der Waals surface area contributed by atoms with Gasteiger partial charge in [-0.2, -0.15) is 0 Å². The maximum Gasteiger partial charge on any atom is 0.265 e. The molecule has 4 aromatic carbocycles. The highest BCUT2D eigenvalue weighted by atomic mass is 16.6. The van der Waals surface area contributed by atoms with Gasteiger partial charge in [-0.1, -0.05) is 48.5 Å². The first kappa shape index (κ1) is 12.7. The van der Waals surface area contributed by atoms with E-state index in [-0.39, 0.29) is 0 Å². The van der Waals surface area contributed by atoms with Gasteiger partial charge in [-0.15, -0.1) is 0 Å². The lowest BCUT2D eigenvalue weighted by Gasteiger charge is -2.12. The van der Waals surface area contributed by atoms with Crippen LogP contribution in [0.15, 0.2) is 54.6 Å². The SMILES string of the molecule is O=C(C[N+](=O)[O-])c1ccc2ccc3cccc4ccc1c2c34. The average molecular weight is 289 g/mol. The summed E-state index contributed by atoms with van der Waals surface area (Å²) >= 11 is 0. The molecular weight excluding hydrogens is 278 g/mol. The van der Waals surface area contributed by atoms with Crippen molar-refractivity contribution in [2.75, 3.05) is 6.54 Å². The van der Waals surface area contributed by atoms with Crippen LogP contribution in [0.4, 0.5) is 0 Å². The highest BCUT2D eigenvalue weighted by molar-refractivity contribution is 6.26. The zero-order chi connectivity index (χ0) is 15.3. The van der Waals surface area contributed by atoms with E-state index in [1.54, 1.807) is 6.07 Å². The van der Waals surface area contributed by atoms with Crippen LogP contribution in [0.5, 0.6) is 0 Å². The van der Waals surface area contributed by atoms with Crippen molar-refractivity contribution in [3.05, 3.63) is 70.3 Å². The Morgan fingerprint density at radius 1 is 0.864 bits per heavy atom. The molecule has 4 rings (SSSR count). The Labute approximate surface area is 125 Å². The van der Waals surface area contributed by atoms with Gasteiger partial charge in [-0.3, -0.25) is 14.9 Å². The minimum Gasteiger partial charge on any atom is -0.287 e. The monoisotopic (exact) mass is 289 g/mol. The molecule has 0 unspecified atom stereocenters. The summed E-state index contributed by atoms with van der Waals surface area (Å²) in [5.41, 5.74) is 0.419. The van der Waals surface area contributed by atoms with Crippen molar-refractivity contribution < 1.29 is 9.72 Å². The lowest BCUT2D eigenvalue weighted by Crippen LogP contribution is -2.14. The van der Waals surface area contributed by atoms with E-state index in [0.717, 1.165) is 32.3 Å². The Morgan fingerprint density at radius 2 is 1.45 bits per heavy atom. The first-order chi connectivity index (χ1) is 10.6. The van der Waals surface area contributed by atoms with Gasteiger partial charge in [-0.25, -0.2) is 0 Å². The van der Waals surface area contributed by atoms with Gasteiger partial charge in [0.15, 0.2) is 0 Å². The van der Waals surface area contributed by atoms with Gasteiger partial charge in [0.25, 0.3) is 6.54 Å². The molecule has 4 heteroatoms. The Bertz CT molecular complexity index is 1040. The van der Waals surface area contributed by atoms with Gasteiger partial charge in [0.05, 0.1) is 0 Å². The zero-order valence-corrected chi connectivity index (χ0v) is 11.6. The van der Waals surface area contributed by atoms with Crippen LogP contribution in [0.2, 0.25) is 0 Å². The quantitative estimate of drug-likeness (QED) is 0.247. The molecule has 0 saturated heterocycles. The van der Waals surface area contributed by atoms with Crippen molar-refractivity contribution >= 4 is 38.1 Å². The van der Waals surface area contributed by atoms with Crippen molar-refractivity contribution in [2.45, 2.75) is 0 Å². The van der Waals surface area contributed by atoms with Gasteiger partial charge in [0.2, 0.25) is 5.78 Å². The summed E-state index contributed by atoms with van der Waals surface area (Å²) in [5, 5.41) is 16.8. The Hall–Kier alpha value is -3.01. The number of carbonyl (C=O) groups is 1. The van der Waals surface area contributed by atoms with Crippen molar-refractivity contribution in [2.24, 2.45) is 0 Å². The summed E-state index contributed by atoms with van der Waals surface area (Å²) in [5.74, 6) is -0.456. The smallest absolute Gasteiger partial charge is 0.265 e. The van der Waals surface area contributed by atoms with Gasteiger partial charge < -0.3 is 0 Å². The summed E-state index contributed by atoms with van der Waals surface area (Å²) in [4.78, 5) is 22.2. The van der Waals surface area contributed by atoms with Gasteiger partial charge in [-0.05, 0) is 38.4 Å². The average Bonchev–Trinajstić information content (AvgIpc) is 2.51. The van der Waals surface area contributed by atoms with E-state index in [1.807, 2.05) is 42.5 Å². The topological polar surface area (TPSA) is 60.2 Å². The molecule has 0 fully saturated rings. The second kappa shape index (κ2) is 4.49. The van der Waals surface area contributed by atoms with E-state index in [0.29, 0.717) is 5.56 Å². The lowest BCUT2D eigenvalue weighted by molar-refractivity contribution is -0.465. The van der Waals surface area contributed by atoms with E-state index in [4.69, 9.17) is 0 Å². The molecular formula is C18H11NO3. The second-order valence-corrected chi connectivity index (χ2v) is 5.38. The molecule has 0 amide bonds. The first-order valence-electron chi connectivity index (χ1n) is 6.97. The molecule has 4 aromatic rings. The number of hydrogen-bond acceptors (Lipinski definition) is 3. The molecule has 0 spiro atoms. The third-order valence-electron chi connectivity index (χ3n) is 4.10. The van der Waals surface area contributed by atoms with Crippen molar-refractivity contribution in [3.8, 4) is 0 Å².